The van der Waals surface area contributed by atoms with Crippen molar-refractivity contribution in [1.29, 1.82) is 0 Å². The van der Waals surface area contributed by atoms with E-state index in [9.17, 15) is 23.1 Å². The number of aromatic nitrogens is 1. The summed E-state index contributed by atoms with van der Waals surface area (Å²) in [5.74, 6) is -2.50. The van der Waals surface area contributed by atoms with Gasteiger partial charge in [0.15, 0.2) is 0 Å². The Kier molecular flexibility index (Phi) is 5.53. The van der Waals surface area contributed by atoms with E-state index in [2.05, 4.69) is 10.3 Å². The van der Waals surface area contributed by atoms with E-state index in [1.54, 1.807) is 12.1 Å². The Hall–Kier alpha value is -2.84. The van der Waals surface area contributed by atoms with Gasteiger partial charge >= 0.3 is 0 Å². The van der Waals surface area contributed by atoms with Gasteiger partial charge in [-0.1, -0.05) is 0 Å². The fraction of sp³-hybridized carbons (Fsp3) is 0.348. The molecule has 1 amide bonds. The first kappa shape index (κ1) is 21.4. The van der Waals surface area contributed by atoms with Crippen molar-refractivity contribution in [3.63, 3.8) is 0 Å². The molecule has 164 valence electrons. The molecule has 1 unspecified atom stereocenters. The third-order valence-corrected chi connectivity index (χ3v) is 5.90. The van der Waals surface area contributed by atoms with Crippen LogP contribution in [0.15, 0.2) is 36.4 Å². The molecule has 1 atom stereocenters. The summed E-state index contributed by atoms with van der Waals surface area (Å²) in [6, 6.07) is 7.80. The van der Waals surface area contributed by atoms with Crippen LogP contribution in [0.4, 0.5) is 13.2 Å². The van der Waals surface area contributed by atoms with Crippen LogP contribution in [0.2, 0.25) is 0 Å². The molecule has 5 nitrogen and oxygen atoms in total. The third-order valence-electron chi connectivity index (χ3n) is 5.90. The molecular weight excluding hydrogens is 409 g/mol. The quantitative estimate of drug-likeness (QED) is 0.480. The Balaban J connectivity index is 1.62. The van der Waals surface area contributed by atoms with Crippen molar-refractivity contribution in [2.75, 3.05) is 13.2 Å². The molecule has 8 heteroatoms. The fourth-order valence-corrected chi connectivity index (χ4v) is 4.05. The highest BCUT2D eigenvalue weighted by atomic mass is 19.1. The fourth-order valence-electron chi connectivity index (χ4n) is 4.05. The van der Waals surface area contributed by atoms with E-state index in [-0.39, 0.29) is 29.8 Å². The summed E-state index contributed by atoms with van der Waals surface area (Å²) in [5, 5.41) is 22.0. The van der Waals surface area contributed by atoms with E-state index in [1.165, 1.54) is 25.1 Å². The van der Waals surface area contributed by atoms with E-state index < -0.39 is 29.7 Å². The number of aliphatic hydroxyl groups is 2. The molecule has 4 N–H and O–H groups in total. The highest BCUT2D eigenvalue weighted by Gasteiger charge is 2.39. The average molecular weight is 432 g/mol. The highest BCUT2D eigenvalue weighted by molar-refractivity contribution is 5.92. The second-order valence-electron chi connectivity index (χ2n) is 8.47. The lowest BCUT2D eigenvalue weighted by atomic mass is 9.70. The van der Waals surface area contributed by atoms with Gasteiger partial charge < -0.3 is 20.5 Å². The maximum atomic E-state index is 14.4. The molecule has 2 aromatic carbocycles. The molecule has 0 aliphatic heterocycles. The van der Waals surface area contributed by atoms with E-state index in [0.717, 1.165) is 6.07 Å². The molecule has 31 heavy (non-hydrogen) atoms. The SMILES string of the molecule is CC(O)(CO)CNC(=O)C1CC(c2c(-c3ccc(F)cc3)[nH]c3c(F)cc(F)cc23)C1. The molecule has 0 radical (unpaired) electrons. The minimum absolute atomic E-state index is 0.0756. The van der Waals surface area contributed by atoms with Gasteiger partial charge in [-0.25, -0.2) is 13.2 Å². The van der Waals surface area contributed by atoms with E-state index in [4.69, 9.17) is 5.11 Å². The zero-order chi connectivity index (χ0) is 22.3. The van der Waals surface area contributed by atoms with Crippen LogP contribution in [0.3, 0.4) is 0 Å². The summed E-state index contributed by atoms with van der Waals surface area (Å²) in [6.07, 6.45) is 0.929. The van der Waals surface area contributed by atoms with E-state index >= 15 is 0 Å². The number of rotatable bonds is 6. The summed E-state index contributed by atoms with van der Waals surface area (Å²) in [6.45, 7) is 0.864. The van der Waals surface area contributed by atoms with Crippen LogP contribution in [0.5, 0.6) is 0 Å². The lowest BCUT2D eigenvalue weighted by Gasteiger charge is -2.35. The van der Waals surface area contributed by atoms with Gasteiger partial charge in [0.25, 0.3) is 0 Å². The lowest BCUT2D eigenvalue weighted by molar-refractivity contribution is -0.129. The molecule has 1 fully saturated rings. The van der Waals surface area contributed by atoms with Crippen molar-refractivity contribution in [2.45, 2.75) is 31.3 Å². The summed E-state index contributed by atoms with van der Waals surface area (Å²) in [7, 11) is 0. The normalized spacial score (nSPS) is 20.3. The van der Waals surface area contributed by atoms with Crippen molar-refractivity contribution in [3.8, 4) is 11.3 Å². The number of benzene rings is 2. The molecule has 1 aliphatic rings. The Morgan fingerprint density at radius 1 is 1.16 bits per heavy atom. The molecule has 0 spiro atoms. The molecule has 0 saturated heterocycles. The zero-order valence-electron chi connectivity index (χ0n) is 16.9. The Morgan fingerprint density at radius 2 is 1.84 bits per heavy atom. The Morgan fingerprint density at radius 3 is 2.48 bits per heavy atom. The average Bonchev–Trinajstić information content (AvgIpc) is 3.05. The van der Waals surface area contributed by atoms with Crippen LogP contribution in [-0.4, -0.2) is 39.9 Å². The standard InChI is InChI=1S/C23H23F3N2O3/c1-23(31,11-29)10-27-22(30)14-6-13(7-14)19-17-8-16(25)9-18(26)21(17)28-20(19)12-2-4-15(24)5-3-12/h2-5,8-9,13-14,28-29,31H,6-7,10-11H2,1H3,(H,27,30). The maximum Gasteiger partial charge on any atom is 0.223 e. The molecule has 4 rings (SSSR count). The predicted octanol–water partition coefficient (Wildman–Crippen LogP) is 3.61. The zero-order valence-corrected chi connectivity index (χ0v) is 16.9. The summed E-state index contributed by atoms with van der Waals surface area (Å²) >= 11 is 0. The largest absolute Gasteiger partial charge is 0.393 e. The van der Waals surface area contributed by atoms with Gasteiger partial charge in [-0.2, -0.15) is 0 Å². The van der Waals surface area contributed by atoms with Gasteiger partial charge in [-0.05, 0) is 67.1 Å². The van der Waals surface area contributed by atoms with Crippen LogP contribution in [0, 0.1) is 23.4 Å². The number of nitrogens with one attached hydrogen (secondary N) is 2. The second kappa shape index (κ2) is 8.01. The Labute approximate surface area is 176 Å². The maximum absolute atomic E-state index is 14.4. The van der Waals surface area contributed by atoms with Crippen molar-refractivity contribution in [3.05, 3.63) is 59.4 Å². The minimum Gasteiger partial charge on any atom is -0.393 e. The predicted molar refractivity (Wildman–Crippen MR) is 110 cm³/mol. The van der Waals surface area contributed by atoms with Crippen LogP contribution >= 0.6 is 0 Å². The van der Waals surface area contributed by atoms with Gasteiger partial charge in [-0.3, -0.25) is 4.79 Å². The summed E-state index contributed by atoms with van der Waals surface area (Å²) in [4.78, 5) is 15.4. The number of H-pyrrole nitrogens is 1. The van der Waals surface area contributed by atoms with Crippen molar-refractivity contribution in [2.24, 2.45) is 5.92 Å². The molecule has 1 saturated carbocycles. The smallest absolute Gasteiger partial charge is 0.223 e. The third kappa shape index (κ3) is 4.18. The molecular formula is C23H23F3N2O3. The van der Waals surface area contributed by atoms with Crippen LogP contribution in [0.25, 0.3) is 22.2 Å². The number of carbonyl (C=O) groups excluding carboxylic acids is 1. The number of hydrogen-bond donors (Lipinski definition) is 4. The van der Waals surface area contributed by atoms with Gasteiger partial charge in [0.1, 0.15) is 23.1 Å². The first-order valence-electron chi connectivity index (χ1n) is 10.1. The van der Waals surface area contributed by atoms with E-state index in [1.807, 2.05) is 0 Å². The number of aliphatic hydroxyl groups excluding tert-OH is 1. The van der Waals surface area contributed by atoms with Crippen LogP contribution < -0.4 is 5.32 Å². The van der Waals surface area contributed by atoms with Gasteiger partial charge in [0.2, 0.25) is 5.91 Å². The number of halogens is 3. The molecule has 0 bridgehead atoms. The lowest BCUT2D eigenvalue weighted by Crippen LogP contribution is -2.46. The number of amides is 1. The van der Waals surface area contributed by atoms with Gasteiger partial charge in [-0.15, -0.1) is 0 Å². The number of carbonyl (C=O) groups is 1. The van der Waals surface area contributed by atoms with Crippen molar-refractivity contribution >= 4 is 16.8 Å². The molecule has 1 aromatic heterocycles. The molecule has 1 aliphatic carbocycles. The number of aromatic amines is 1. The second-order valence-corrected chi connectivity index (χ2v) is 8.47. The monoisotopic (exact) mass is 432 g/mol. The highest BCUT2D eigenvalue weighted by Crippen LogP contribution is 2.48. The number of fused-ring (bicyclic) bond motifs is 1. The first-order valence-corrected chi connectivity index (χ1v) is 10.1. The first-order chi connectivity index (χ1) is 14.7. The van der Waals surface area contributed by atoms with Gasteiger partial charge in [0.05, 0.1) is 17.8 Å². The van der Waals surface area contributed by atoms with Crippen molar-refractivity contribution < 1.29 is 28.2 Å². The summed E-state index contributed by atoms with van der Waals surface area (Å²) in [5.41, 5.74) is 0.681. The van der Waals surface area contributed by atoms with E-state index in [0.29, 0.717) is 35.0 Å². The minimum atomic E-state index is -1.40. The Bertz CT molecular complexity index is 1120. The van der Waals surface area contributed by atoms with Crippen molar-refractivity contribution in [1.82, 2.24) is 10.3 Å². The summed E-state index contributed by atoms with van der Waals surface area (Å²) < 4.78 is 41.8. The van der Waals surface area contributed by atoms with Crippen LogP contribution in [-0.2, 0) is 4.79 Å². The number of hydrogen-bond acceptors (Lipinski definition) is 3. The van der Waals surface area contributed by atoms with Crippen LogP contribution in [0.1, 0.15) is 31.2 Å². The molecule has 3 aromatic rings. The molecule has 1 heterocycles. The topological polar surface area (TPSA) is 85.3 Å². The van der Waals surface area contributed by atoms with Gasteiger partial charge in [0, 0.05) is 23.9 Å².